The summed E-state index contributed by atoms with van der Waals surface area (Å²) in [6.45, 7) is 0. The molecule has 0 fully saturated rings. The molecule has 108 valence electrons. The molecule has 5 heteroatoms. The van der Waals surface area contributed by atoms with Gasteiger partial charge in [-0.15, -0.1) is 0 Å². The van der Waals surface area contributed by atoms with E-state index in [9.17, 15) is 18.0 Å². The second-order valence-electron chi connectivity index (χ2n) is 4.30. The van der Waals surface area contributed by atoms with Gasteiger partial charge in [0.15, 0.2) is 5.78 Å². The smallest absolute Gasteiger partial charge is 0.289 e. The van der Waals surface area contributed by atoms with Crippen LogP contribution in [0.3, 0.4) is 0 Å². The molecule has 0 heterocycles. The Bertz CT molecular complexity index is 676. The summed E-state index contributed by atoms with van der Waals surface area (Å²) >= 11 is 5.80. The van der Waals surface area contributed by atoms with Crippen molar-refractivity contribution < 1.29 is 18.0 Å². The Hall–Kier alpha value is -2.07. The molecule has 0 radical (unpaired) electrons. The van der Waals surface area contributed by atoms with E-state index >= 15 is 0 Å². The van der Waals surface area contributed by atoms with Crippen molar-refractivity contribution in [2.75, 3.05) is 0 Å². The normalized spacial score (nSPS) is 11.8. The first kappa shape index (κ1) is 15.3. The topological polar surface area (TPSA) is 17.1 Å². The van der Waals surface area contributed by atoms with Crippen LogP contribution in [-0.4, -0.2) is 5.78 Å². The number of carbonyl (C=O) groups is 1. The maximum absolute atomic E-state index is 12.6. The highest BCUT2D eigenvalue weighted by Crippen LogP contribution is 2.32. The molecule has 2 rings (SSSR count). The number of benzene rings is 2. The van der Waals surface area contributed by atoms with Gasteiger partial charge < -0.3 is 0 Å². The van der Waals surface area contributed by atoms with Gasteiger partial charge in [0.25, 0.3) is 0 Å². The third-order valence-electron chi connectivity index (χ3n) is 2.79. The Kier molecular flexibility index (Phi) is 4.48. The number of halogens is 4. The van der Waals surface area contributed by atoms with Crippen molar-refractivity contribution in [2.24, 2.45) is 0 Å². The van der Waals surface area contributed by atoms with E-state index in [4.69, 9.17) is 11.6 Å². The van der Waals surface area contributed by atoms with Crippen molar-refractivity contribution >= 4 is 23.5 Å². The zero-order chi connectivity index (χ0) is 15.5. The highest BCUT2D eigenvalue weighted by Gasteiger charge is 2.31. The van der Waals surface area contributed by atoms with E-state index in [0.717, 1.165) is 23.8 Å². The minimum atomic E-state index is -4.51. The molecule has 2 aromatic carbocycles. The average Bonchev–Trinajstić information content (AvgIpc) is 2.45. The Morgan fingerprint density at radius 3 is 2.33 bits per heavy atom. The lowest BCUT2D eigenvalue weighted by atomic mass is 10.1. The van der Waals surface area contributed by atoms with E-state index in [1.165, 1.54) is 12.2 Å². The van der Waals surface area contributed by atoms with Crippen molar-refractivity contribution in [3.05, 3.63) is 76.3 Å². The fourth-order valence-corrected chi connectivity index (χ4v) is 1.93. The Morgan fingerprint density at radius 2 is 1.71 bits per heavy atom. The van der Waals surface area contributed by atoms with E-state index in [0.29, 0.717) is 0 Å². The molecule has 2 aromatic rings. The predicted molar refractivity (Wildman–Crippen MR) is 76.3 cm³/mol. The number of carbonyl (C=O) groups excluding carboxylic acids is 1. The van der Waals surface area contributed by atoms with Crippen LogP contribution in [0.15, 0.2) is 54.6 Å². The summed E-state index contributed by atoms with van der Waals surface area (Å²) in [5, 5.41) is -0.00860. The van der Waals surface area contributed by atoms with Gasteiger partial charge in [-0.2, -0.15) is 13.2 Å². The molecule has 0 atom stereocenters. The summed E-state index contributed by atoms with van der Waals surface area (Å²) in [6, 6.07) is 11.6. The number of hydrogen-bond donors (Lipinski definition) is 0. The zero-order valence-electron chi connectivity index (χ0n) is 10.7. The first-order valence-corrected chi connectivity index (χ1v) is 6.40. The SMILES string of the molecule is O=C(C=Cc1ccccc1)c1cc(C(F)(F)F)ccc1Cl. The van der Waals surface area contributed by atoms with Crippen LogP contribution in [0, 0.1) is 0 Å². The molecule has 0 bridgehead atoms. The molecular weight excluding hydrogens is 301 g/mol. The summed E-state index contributed by atoms with van der Waals surface area (Å²) in [7, 11) is 0. The van der Waals surface area contributed by atoms with E-state index in [1.807, 2.05) is 6.07 Å². The largest absolute Gasteiger partial charge is 0.416 e. The molecular formula is C16H10ClF3O. The van der Waals surface area contributed by atoms with Crippen molar-refractivity contribution in [2.45, 2.75) is 6.18 Å². The van der Waals surface area contributed by atoms with Crippen LogP contribution >= 0.6 is 11.6 Å². The molecule has 0 aliphatic rings. The standard InChI is InChI=1S/C16H10ClF3O/c17-14-8-7-12(16(18,19)20)10-13(14)15(21)9-6-11-4-2-1-3-5-11/h1-10H. The highest BCUT2D eigenvalue weighted by atomic mass is 35.5. The van der Waals surface area contributed by atoms with Gasteiger partial charge in [0.1, 0.15) is 0 Å². The number of allylic oxidation sites excluding steroid dienone is 1. The van der Waals surface area contributed by atoms with Gasteiger partial charge in [0.05, 0.1) is 10.6 Å². The summed E-state index contributed by atoms with van der Waals surface area (Å²) in [5.41, 5.74) is -0.295. The second kappa shape index (κ2) is 6.14. The van der Waals surface area contributed by atoms with Crippen LogP contribution in [0.1, 0.15) is 21.5 Å². The van der Waals surface area contributed by atoms with Crippen LogP contribution in [-0.2, 0) is 6.18 Å². The summed E-state index contributed by atoms with van der Waals surface area (Å²) in [4.78, 5) is 12.0. The molecule has 0 aliphatic carbocycles. The summed E-state index contributed by atoms with van der Waals surface area (Å²) in [6.07, 6.45) is -1.78. The molecule has 0 saturated carbocycles. The molecule has 21 heavy (non-hydrogen) atoms. The average molecular weight is 311 g/mol. The van der Waals surface area contributed by atoms with Gasteiger partial charge in [-0.05, 0) is 29.8 Å². The first-order valence-electron chi connectivity index (χ1n) is 6.02. The molecule has 0 aliphatic heterocycles. The van der Waals surface area contributed by atoms with Gasteiger partial charge in [-0.1, -0.05) is 48.0 Å². The fraction of sp³-hybridized carbons (Fsp3) is 0.0625. The van der Waals surface area contributed by atoms with Crippen molar-refractivity contribution in [3.63, 3.8) is 0 Å². The van der Waals surface area contributed by atoms with Crippen LogP contribution in [0.2, 0.25) is 5.02 Å². The Labute approximate surface area is 124 Å². The van der Waals surface area contributed by atoms with Gasteiger partial charge in [-0.3, -0.25) is 4.79 Å². The van der Waals surface area contributed by atoms with Crippen molar-refractivity contribution in [1.29, 1.82) is 0 Å². The lowest BCUT2D eigenvalue weighted by molar-refractivity contribution is -0.137. The molecule has 0 aromatic heterocycles. The van der Waals surface area contributed by atoms with E-state index < -0.39 is 17.5 Å². The van der Waals surface area contributed by atoms with Gasteiger partial charge >= 0.3 is 6.18 Å². The molecule has 0 unspecified atom stereocenters. The molecule has 1 nitrogen and oxygen atoms in total. The van der Waals surface area contributed by atoms with Gasteiger partial charge in [-0.25, -0.2) is 0 Å². The maximum Gasteiger partial charge on any atom is 0.416 e. The summed E-state index contributed by atoms with van der Waals surface area (Å²) < 4.78 is 37.9. The molecule has 0 spiro atoms. The van der Waals surface area contributed by atoms with E-state index in [1.54, 1.807) is 24.3 Å². The number of hydrogen-bond acceptors (Lipinski definition) is 1. The summed E-state index contributed by atoms with van der Waals surface area (Å²) in [5.74, 6) is -0.574. The van der Waals surface area contributed by atoms with Crippen LogP contribution < -0.4 is 0 Å². The zero-order valence-corrected chi connectivity index (χ0v) is 11.4. The number of ketones is 1. The fourth-order valence-electron chi connectivity index (χ4n) is 1.72. The van der Waals surface area contributed by atoms with Crippen LogP contribution in [0.4, 0.5) is 13.2 Å². The third kappa shape index (κ3) is 3.95. The minimum absolute atomic E-state index is 0.00860. The third-order valence-corrected chi connectivity index (χ3v) is 3.12. The van der Waals surface area contributed by atoms with Gasteiger partial charge in [0.2, 0.25) is 0 Å². The van der Waals surface area contributed by atoms with E-state index in [2.05, 4.69) is 0 Å². The monoisotopic (exact) mass is 310 g/mol. The molecule has 0 saturated heterocycles. The minimum Gasteiger partial charge on any atom is -0.289 e. The van der Waals surface area contributed by atoms with Crippen LogP contribution in [0.25, 0.3) is 6.08 Å². The Balaban J connectivity index is 2.29. The van der Waals surface area contributed by atoms with Crippen LogP contribution in [0.5, 0.6) is 0 Å². The number of alkyl halides is 3. The molecule has 0 N–H and O–H groups in total. The maximum atomic E-state index is 12.6. The quantitative estimate of drug-likeness (QED) is 0.558. The lowest BCUT2D eigenvalue weighted by Crippen LogP contribution is -2.07. The van der Waals surface area contributed by atoms with Gasteiger partial charge in [0, 0.05) is 5.56 Å². The van der Waals surface area contributed by atoms with E-state index in [-0.39, 0.29) is 10.6 Å². The lowest BCUT2D eigenvalue weighted by Gasteiger charge is -2.08. The Morgan fingerprint density at radius 1 is 1.05 bits per heavy atom. The number of rotatable bonds is 3. The second-order valence-corrected chi connectivity index (χ2v) is 4.71. The highest BCUT2D eigenvalue weighted by molar-refractivity contribution is 6.34. The van der Waals surface area contributed by atoms with Crippen molar-refractivity contribution in [1.82, 2.24) is 0 Å². The first-order chi connectivity index (χ1) is 9.88. The van der Waals surface area contributed by atoms with Crippen molar-refractivity contribution in [3.8, 4) is 0 Å². The molecule has 0 amide bonds. The predicted octanol–water partition coefficient (Wildman–Crippen LogP) is 5.25.